The first-order valence-corrected chi connectivity index (χ1v) is 11.6. The lowest BCUT2D eigenvalue weighted by atomic mass is 10.1. The monoisotopic (exact) mass is 517 g/mol. The summed E-state index contributed by atoms with van der Waals surface area (Å²) in [7, 11) is 3.19. The maximum absolute atomic E-state index is 13.6. The number of nitrogens with zero attached hydrogens (tertiary/aromatic N) is 3. The highest BCUT2D eigenvalue weighted by Gasteiger charge is 2.37. The van der Waals surface area contributed by atoms with Crippen LogP contribution in [0.1, 0.15) is 23.1 Å². The normalized spacial score (nSPS) is 14.6. The number of rotatable bonds is 2. The second kappa shape index (κ2) is 7.36. The van der Waals surface area contributed by atoms with Gasteiger partial charge < -0.3 is 13.7 Å². The number of aryl methyl sites for hydroxylation is 2. The number of ether oxygens (including phenoxy) is 1. The van der Waals surface area contributed by atoms with E-state index in [0.29, 0.717) is 38.5 Å². The van der Waals surface area contributed by atoms with Crippen LogP contribution in [0.4, 0.5) is 0 Å². The Morgan fingerprint density at radius 2 is 1.71 bits per heavy atom. The van der Waals surface area contributed by atoms with Crippen molar-refractivity contribution in [2.24, 2.45) is 14.1 Å². The molecule has 0 saturated carbocycles. The van der Waals surface area contributed by atoms with Gasteiger partial charge in [-0.05, 0) is 58.2 Å². The Morgan fingerprint density at radius 3 is 2.41 bits per heavy atom. The summed E-state index contributed by atoms with van der Waals surface area (Å²) in [6.07, 6.45) is -0.667. The molecule has 1 aliphatic rings. The third kappa shape index (κ3) is 2.81. The van der Waals surface area contributed by atoms with Gasteiger partial charge in [0.1, 0.15) is 5.75 Å². The van der Waals surface area contributed by atoms with Crippen molar-refractivity contribution in [3.8, 4) is 22.7 Å². The number of aromatic nitrogens is 3. The molecule has 34 heavy (non-hydrogen) atoms. The fraction of sp³-hybridized carbons (Fsp3) is 0.154. The minimum atomic E-state index is -0.667. The lowest BCUT2D eigenvalue weighted by Gasteiger charge is -2.29. The smallest absolute Gasteiger partial charge is 0.331 e. The van der Waals surface area contributed by atoms with Crippen molar-refractivity contribution in [3.05, 3.63) is 103 Å². The topological polar surface area (TPSA) is 71.3 Å². The summed E-state index contributed by atoms with van der Waals surface area (Å²) in [5, 5.41) is 0.458. The van der Waals surface area contributed by atoms with E-state index in [2.05, 4.69) is 15.9 Å². The predicted octanol–water partition coefficient (Wildman–Crippen LogP) is 4.84. The molecular weight excluding hydrogens is 498 g/mol. The van der Waals surface area contributed by atoms with E-state index in [1.807, 2.05) is 66.1 Å². The van der Waals surface area contributed by atoms with E-state index in [1.165, 1.54) is 11.6 Å². The van der Waals surface area contributed by atoms with Crippen molar-refractivity contribution in [1.29, 1.82) is 0 Å². The van der Waals surface area contributed by atoms with E-state index < -0.39 is 11.8 Å². The van der Waals surface area contributed by atoms with Gasteiger partial charge in [-0.15, -0.1) is 0 Å². The van der Waals surface area contributed by atoms with Gasteiger partial charge in [0.15, 0.2) is 16.5 Å². The molecule has 0 N–H and O–H groups in total. The first-order chi connectivity index (χ1) is 16.4. The molecule has 5 aromatic rings. The molecule has 6 rings (SSSR count). The molecule has 0 bridgehead atoms. The summed E-state index contributed by atoms with van der Waals surface area (Å²) >= 11 is 3.38. The molecule has 0 aliphatic carbocycles. The van der Waals surface area contributed by atoms with E-state index >= 15 is 0 Å². The van der Waals surface area contributed by atoms with Crippen molar-refractivity contribution in [3.63, 3.8) is 0 Å². The van der Waals surface area contributed by atoms with Gasteiger partial charge in [-0.2, -0.15) is 0 Å². The number of hydrogen-bond acceptors (Lipinski definition) is 4. The van der Waals surface area contributed by atoms with Gasteiger partial charge in [0.25, 0.3) is 5.56 Å². The summed E-state index contributed by atoms with van der Waals surface area (Å²) < 4.78 is 17.7. The van der Waals surface area contributed by atoms with Crippen LogP contribution in [0.3, 0.4) is 0 Å². The van der Waals surface area contributed by atoms with Crippen LogP contribution in [-0.4, -0.2) is 13.7 Å². The molecule has 8 heteroatoms. The van der Waals surface area contributed by atoms with Gasteiger partial charge in [0.2, 0.25) is 0 Å². The third-order valence-electron chi connectivity index (χ3n) is 6.36. The zero-order valence-corrected chi connectivity index (χ0v) is 20.3. The molecule has 0 fully saturated rings. The van der Waals surface area contributed by atoms with E-state index in [4.69, 9.17) is 9.15 Å². The van der Waals surface area contributed by atoms with Crippen LogP contribution in [0.25, 0.3) is 27.8 Å². The largest absolute Gasteiger partial charge is 0.474 e. The van der Waals surface area contributed by atoms with Crippen LogP contribution in [0.5, 0.6) is 5.75 Å². The molecule has 0 saturated heterocycles. The first kappa shape index (κ1) is 20.8. The molecule has 1 atom stereocenters. The summed E-state index contributed by atoms with van der Waals surface area (Å²) in [4.78, 5) is 26.6. The van der Waals surface area contributed by atoms with Crippen molar-refractivity contribution >= 4 is 26.8 Å². The Labute approximate surface area is 202 Å². The molecule has 3 aromatic heterocycles. The molecule has 7 nitrogen and oxygen atoms in total. The van der Waals surface area contributed by atoms with E-state index in [-0.39, 0.29) is 5.56 Å². The summed E-state index contributed by atoms with van der Waals surface area (Å²) in [6.45, 7) is 2.01. The highest BCUT2D eigenvalue weighted by molar-refractivity contribution is 9.10. The lowest BCUT2D eigenvalue weighted by Crippen LogP contribution is -2.37. The zero-order valence-electron chi connectivity index (χ0n) is 18.7. The number of hydrogen-bond donors (Lipinski definition) is 0. The highest BCUT2D eigenvalue weighted by atomic mass is 79.9. The average Bonchev–Trinajstić information content (AvgIpc) is 3.43. The molecule has 1 unspecified atom stereocenters. The van der Waals surface area contributed by atoms with Gasteiger partial charge in [-0.25, -0.2) is 4.79 Å². The number of fused-ring (bicyclic) bond motifs is 5. The van der Waals surface area contributed by atoms with Crippen LogP contribution in [-0.2, 0) is 14.1 Å². The molecule has 0 radical (unpaired) electrons. The van der Waals surface area contributed by atoms with Crippen molar-refractivity contribution in [1.82, 2.24) is 13.7 Å². The molecule has 1 aliphatic heterocycles. The minimum absolute atomic E-state index is 0.354. The zero-order chi connectivity index (χ0) is 23.7. The van der Waals surface area contributed by atoms with Crippen LogP contribution in [0.15, 0.2) is 79.3 Å². The molecular formula is C26H20BrN3O4. The average molecular weight is 518 g/mol. The van der Waals surface area contributed by atoms with Crippen LogP contribution in [0.2, 0.25) is 0 Å². The van der Waals surface area contributed by atoms with Crippen molar-refractivity contribution in [2.75, 3.05) is 0 Å². The standard InChI is InChI=1S/C26H20BrN3O4/c1-14-9-10-17-16(13-14)30-21(15-7-5-4-6-8-15)20-22(28(2)26(32)29(3)25(20)31)23(30)24(34-17)18-11-12-19(27)33-18/h4-13,24H,1-3H3. The Balaban J connectivity index is 1.89. The molecule has 0 spiro atoms. The fourth-order valence-electron chi connectivity index (χ4n) is 4.80. The quantitative estimate of drug-likeness (QED) is 0.336. The Bertz CT molecular complexity index is 1720. The molecule has 2 aromatic carbocycles. The maximum Gasteiger partial charge on any atom is 0.331 e. The van der Waals surface area contributed by atoms with E-state index in [9.17, 15) is 9.59 Å². The van der Waals surface area contributed by atoms with E-state index in [0.717, 1.165) is 21.4 Å². The molecule has 170 valence electrons. The van der Waals surface area contributed by atoms with Gasteiger partial charge in [-0.3, -0.25) is 13.9 Å². The Kier molecular flexibility index (Phi) is 4.50. The Morgan fingerprint density at radius 1 is 0.941 bits per heavy atom. The number of benzene rings is 2. The minimum Gasteiger partial charge on any atom is -0.474 e. The van der Waals surface area contributed by atoms with Crippen molar-refractivity contribution < 1.29 is 9.15 Å². The van der Waals surface area contributed by atoms with Gasteiger partial charge >= 0.3 is 5.69 Å². The van der Waals surface area contributed by atoms with Crippen LogP contribution < -0.4 is 16.0 Å². The van der Waals surface area contributed by atoms with Gasteiger partial charge in [0, 0.05) is 14.1 Å². The Hall–Kier alpha value is -3.78. The van der Waals surface area contributed by atoms with Crippen molar-refractivity contribution in [2.45, 2.75) is 13.0 Å². The second-order valence-electron chi connectivity index (χ2n) is 8.48. The number of halogens is 1. The third-order valence-corrected chi connectivity index (χ3v) is 6.78. The van der Waals surface area contributed by atoms with Gasteiger partial charge in [-0.1, -0.05) is 36.4 Å². The summed E-state index contributed by atoms with van der Waals surface area (Å²) in [5.74, 6) is 1.22. The lowest BCUT2D eigenvalue weighted by molar-refractivity contribution is 0.197. The number of furan rings is 1. The predicted molar refractivity (Wildman–Crippen MR) is 133 cm³/mol. The first-order valence-electron chi connectivity index (χ1n) is 10.8. The summed E-state index contributed by atoms with van der Waals surface area (Å²) in [6, 6.07) is 19.3. The maximum atomic E-state index is 13.6. The van der Waals surface area contributed by atoms with Gasteiger partial charge in [0.05, 0.1) is 28.0 Å². The SMILES string of the molecule is Cc1ccc2c(c1)-n1c(-c3ccccc3)c3c(=O)n(C)c(=O)n(C)c3c1C(c1ccc(Br)o1)O2. The van der Waals surface area contributed by atoms with E-state index in [1.54, 1.807) is 13.1 Å². The highest BCUT2D eigenvalue weighted by Crippen LogP contribution is 2.47. The fourth-order valence-corrected chi connectivity index (χ4v) is 5.12. The second-order valence-corrected chi connectivity index (χ2v) is 9.26. The summed E-state index contributed by atoms with van der Waals surface area (Å²) in [5.41, 5.74) is 3.87. The van der Waals surface area contributed by atoms with Crippen LogP contribution in [0, 0.1) is 6.92 Å². The molecule has 4 heterocycles. The van der Waals surface area contributed by atoms with Crippen LogP contribution >= 0.6 is 15.9 Å². The molecule has 0 amide bonds.